The highest BCUT2D eigenvalue weighted by molar-refractivity contribution is 6.34. The van der Waals surface area contributed by atoms with E-state index in [0.29, 0.717) is 0 Å². The molecule has 0 unspecified atom stereocenters. The molecule has 0 bridgehead atoms. The minimum absolute atomic E-state index is 0.991. The van der Waals surface area contributed by atoms with Crippen LogP contribution in [0.5, 0.6) is 0 Å². The summed E-state index contributed by atoms with van der Waals surface area (Å²) in [5.74, 6) is 5.79. The fraction of sp³-hybridized carbons (Fsp3) is 0.600. The van der Waals surface area contributed by atoms with Crippen molar-refractivity contribution >= 4 is 9.52 Å². The van der Waals surface area contributed by atoms with Gasteiger partial charge in [-0.2, -0.15) is 0 Å². The van der Waals surface area contributed by atoms with Gasteiger partial charge >= 0.3 is 0 Å². The van der Waals surface area contributed by atoms with Crippen LogP contribution in [0.2, 0.25) is 12.6 Å². The third-order valence-electron chi connectivity index (χ3n) is 0.442. The molecule has 2 radical (unpaired) electrons. The Morgan fingerprint density at radius 1 is 1.67 bits per heavy atom. The van der Waals surface area contributed by atoms with Gasteiger partial charge in [0.15, 0.2) is 0 Å². The monoisotopic (exact) mass is 96.0 g/mol. The zero-order valence-corrected chi connectivity index (χ0v) is 5.21. The van der Waals surface area contributed by atoms with Crippen LogP contribution in [-0.2, 0) is 0 Å². The van der Waals surface area contributed by atoms with Crippen LogP contribution in [0.3, 0.4) is 0 Å². The molecular formula is C5H8Si. The molecule has 0 N–H and O–H groups in total. The fourth-order valence-corrected chi connectivity index (χ4v) is 0.530. The van der Waals surface area contributed by atoms with E-state index in [0.717, 1.165) is 15.6 Å². The van der Waals surface area contributed by atoms with Crippen LogP contribution in [0.1, 0.15) is 6.92 Å². The second-order valence-electron chi connectivity index (χ2n) is 0.957. The van der Waals surface area contributed by atoms with Gasteiger partial charge in [-0.05, 0) is 13.0 Å². The highest BCUT2D eigenvalue weighted by Crippen LogP contribution is 1.68. The molecule has 6 heavy (non-hydrogen) atoms. The van der Waals surface area contributed by atoms with Crippen LogP contribution in [-0.4, -0.2) is 9.52 Å². The first kappa shape index (κ1) is 5.78. The van der Waals surface area contributed by atoms with E-state index in [-0.39, 0.29) is 0 Å². The van der Waals surface area contributed by atoms with Crippen LogP contribution in [0, 0.1) is 11.8 Å². The molecule has 0 aromatic rings. The summed E-state index contributed by atoms with van der Waals surface area (Å²) in [7, 11) is 0.991. The standard InChI is InChI=1S/C5H8Si/c1-3-4-5-6-2/h5H2,1-2H3. The third kappa shape index (κ3) is 3.78. The van der Waals surface area contributed by atoms with Crippen molar-refractivity contribution in [2.45, 2.75) is 19.5 Å². The Kier molecular flexibility index (Phi) is 4.60. The minimum atomic E-state index is 0.991. The van der Waals surface area contributed by atoms with E-state index in [4.69, 9.17) is 0 Å². The van der Waals surface area contributed by atoms with Gasteiger partial charge in [-0.25, -0.2) is 0 Å². The molecule has 0 aromatic carbocycles. The van der Waals surface area contributed by atoms with Crippen LogP contribution >= 0.6 is 0 Å². The number of hydrogen-bond donors (Lipinski definition) is 0. The van der Waals surface area contributed by atoms with E-state index in [9.17, 15) is 0 Å². The smallest absolute Gasteiger partial charge is 0.0500 e. The maximum atomic E-state index is 2.96. The first-order valence-corrected chi connectivity index (χ1v) is 3.66. The molecule has 0 saturated carbocycles. The molecule has 0 heterocycles. The van der Waals surface area contributed by atoms with E-state index in [1.807, 2.05) is 6.92 Å². The Hall–Kier alpha value is -0.223. The van der Waals surface area contributed by atoms with Crippen molar-refractivity contribution in [1.82, 2.24) is 0 Å². The predicted molar refractivity (Wildman–Crippen MR) is 29.9 cm³/mol. The lowest BCUT2D eigenvalue weighted by atomic mass is 10.7. The van der Waals surface area contributed by atoms with Gasteiger partial charge in [0.1, 0.15) is 0 Å². The molecule has 0 aliphatic carbocycles. The van der Waals surface area contributed by atoms with Gasteiger partial charge in [-0.3, -0.25) is 0 Å². The Morgan fingerprint density at radius 2 is 2.33 bits per heavy atom. The van der Waals surface area contributed by atoms with Crippen molar-refractivity contribution in [1.29, 1.82) is 0 Å². The summed E-state index contributed by atoms with van der Waals surface area (Å²) < 4.78 is 0. The van der Waals surface area contributed by atoms with E-state index in [2.05, 4.69) is 18.4 Å². The molecule has 0 aliphatic rings. The highest BCUT2D eigenvalue weighted by Gasteiger charge is 1.66. The Balaban J connectivity index is 2.79. The first-order chi connectivity index (χ1) is 2.91. The second-order valence-corrected chi connectivity index (χ2v) is 2.02. The summed E-state index contributed by atoms with van der Waals surface area (Å²) in [6.07, 6.45) is 0. The van der Waals surface area contributed by atoms with Gasteiger partial charge in [-0.1, -0.05) is 6.55 Å². The van der Waals surface area contributed by atoms with Crippen LogP contribution in [0.15, 0.2) is 0 Å². The number of rotatable bonds is 1. The van der Waals surface area contributed by atoms with Crippen molar-refractivity contribution in [2.75, 3.05) is 0 Å². The largest absolute Gasteiger partial charge is 0.107 e. The van der Waals surface area contributed by atoms with Crippen LogP contribution < -0.4 is 0 Å². The second kappa shape index (κ2) is 4.78. The maximum Gasteiger partial charge on any atom is 0.0500 e. The van der Waals surface area contributed by atoms with E-state index in [1.54, 1.807) is 0 Å². The third-order valence-corrected chi connectivity index (χ3v) is 0.972. The lowest BCUT2D eigenvalue weighted by Crippen LogP contribution is -1.71. The van der Waals surface area contributed by atoms with Gasteiger partial charge in [0.2, 0.25) is 0 Å². The molecule has 1 heteroatoms. The number of hydrogen-bond acceptors (Lipinski definition) is 0. The SMILES string of the molecule is CC#CC[Si]C. The molecule has 0 rings (SSSR count). The fourth-order valence-electron chi connectivity index (χ4n) is 0.177. The van der Waals surface area contributed by atoms with E-state index in [1.165, 1.54) is 0 Å². The lowest BCUT2D eigenvalue weighted by molar-refractivity contribution is 1.76. The summed E-state index contributed by atoms with van der Waals surface area (Å²) in [5.41, 5.74) is 0. The van der Waals surface area contributed by atoms with E-state index < -0.39 is 0 Å². The van der Waals surface area contributed by atoms with Crippen molar-refractivity contribution in [2.24, 2.45) is 0 Å². The molecule has 0 atom stereocenters. The zero-order chi connectivity index (χ0) is 4.83. The summed E-state index contributed by atoms with van der Waals surface area (Å²) in [6.45, 7) is 4.03. The normalized spacial score (nSPS) is 6.33. The molecule has 0 fully saturated rings. The molecule has 0 nitrogen and oxygen atoms in total. The molecule has 0 amide bonds. The summed E-state index contributed by atoms with van der Waals surface area (Å²) >= 11 is 0. The van der Waals surface area contributed by atoms with Crippen molar-refractivity contribution in [3.8, 4) is 11.8 Å². The quantitative estimate of drug-likeness (QED) is 0.339. The molecule has 32 valence electrons. The molecule has 0 saturated heterocycles. The van der Waals surface area contributed by atoms with Crippen LogP contribution in [0.4, 0.5) is 0 Å². The van der Waals surface area contributed by atoms with Gasteiger partial charge in [0.05, 0.1) is 0 Å². The Bertz CT molecular complexity index is 65.7. The lowest BCUT2D eigenvalue weighted by Gasteiger charge is -1.69. The van der Waals surface area contributed by atoms with Gasteiger partial charge in [0, 0.05) is 9.52 Å². The van der Waals surface area contributed by atoms with E-state index >= 15 is 0 Å². The average Bonchev–Trinajstić information content (AvgIpc) is 1.61. The Labute approximate surface area is 41.8 Å². The van der Waals surface area contributed by atoms with Gasteiger partial charge in [0.25, 0.3) is 0 Å². The summed E-state index contributed by atoms with van der Waals surface area (Å²) in [5, 5.41) is 0. The maximum absolute atomic E-state index is 2.96. The minimum Gasteiger partial charge on any atom is -0.107 e. The average molecular weight is 96.2 g/mol. The van der Waals surface area contributed by atoms with Crippen LogP contribution in [0.25, 0.3) is 0 Å². The first-order valence-electron chi connectivity index (χ1n) is 1.96. The van der Waals surface area contributed by atoms with Gasteiger partial charge in [-0.15, -0.1) is 11.8 Å². The van der Waals surface area contributed by atoms with Crippen molar-refractivity contribution in [3.05, 3.63) is 0 Å². The Morgan fingerprint density at radius 3 is 2.50 bits per heavy atom. The summed E-state index contributed by atoms with van der Waals surface area (Å²) in [6, 6.07) is 1.08. The van der Waals surface area contributed by atoms with Crippen molar-refractivity contribution < 1.29 is 0 Å². The predicted octanol–water partition coefficient (Wildman–Crippen LogP) is 1.18. The topological polar surface area (TPSA) is 0 Å². The highest BCUT2D eigenvalue weighted by atomic mass is 28.2. The molecular weight excluding hydrogens is 88.1 g/mol. The molecule has 0 aliphatic heterocycles. The summed E-state index contributed by atoms with van der Waals surface area (Å²) in [4.78, 5) is 0. The molecule has 0 spiro atoms. The molecule has 0 aromatic heterocycles. The zero-order valence-electron chi connectivity index (χ0n) is 4.21. The van der Waals surface area contributed by atoms with Crippen molar-refractivity contribution in [3.63, 3.8) is 0 Å². The van der Waals surface area contributed by atoms with Gasteiger partial charge < -0.3 is 0 Å².